The number of hydrogen-bond acceptors (Lipinski definition) is 6. The van der Waals surface area contributed by atoms with Crippen LogP contribution in [0.15, 0.2) is 47.2 Å². The van der Waals surface area contributed by atoms with Gasteiger partial charge in [0.05, 0.1) is 23.8 Å². The maximum atomic E-state index is 17.5. The van der Waals surface area contributed by atoms with Crippen LogP contribution in [0.2, 0.25) is 13.1 Å². The fourth-order valence-corrected chi connectivity index (χ4v) is 12.2. The molecule has 3 aliphatic heterocycles. The van der Waals surface area contributed by atoms with Crippen LogP contribution < -0.4 is 15.2 Å². The third-order valence-electron chi connectivity index (χ3n) is 12.3. The van der Waals surface area contributed by atoms with Crippen molar-refractivity contribution in [1.82, 2.24) is 15.0 Å². The molecule has 6 aliphatic rings. The van der Waals surface area contributed by atoms with Gasteiger partial charge in [-0.3, -0.25) is 0 Å². The number of carboxylic acid groups (broad SMARTS) is 1. The average Bonchev–Trinajstić information content (AvgIpc) is 3.56. The summed E-state index contributed by atoms with van der Waals surface area (Å²) in [5.74, 6) is -5.71. The van der Waals surface area contributed by atoms with Crippen molar-refractivity contribution in [2.45, 2.75) is 51.6 Å². The van der Waals surface area contributed by atoms with E-state index in [0.29, 0.717) is 53.6 Å². The number of aliphatic hydroxyl groups excluding tert-OH is 1. The third kappa shape index (κ3) is 4.53. The van der Waals surface area contributed by atoms with Crippen LogP contribution in [0.1, 0.15) is 58.6 Å². The van der Waals surface area contributed by atoms with Gasteiger partial charge in [-0.05, 0) is 95.2 Å². The van der Waals surface area contributed by atoms with Gasteiger partial charge in [-0.25, -0.2) is 22.4 Å². The van der Waals surface area contributed by atoms with E-state index in [2.05, 4.69) is 45.0 Å². The summed E-state index contributed by atoms with van der Waals surface area (Å²) in [5, 5.41) is 33.0. The lowest BCUT2D eigenvalue weighted by Gasteiger charge is -2.40. The van der Waals surface area contributed by atoms with Crippen LogP contribution in [0.25, 0.3) is 11.3 Å². The van der Waals surface area contributed by atoms with Crippen molar-refractivity contribution in [3.8, 4) is 5.69 Å². The fourth-order valence-electron chi connectivity index (χ4n) is 9.11. The zero-order valence-electron chi connectivity index (χ0n) is 28.1. The Morgan fingerprint density at radius 1 is 1.04 bits per heavy atom. The number of nitrogens with zero attached hydrogens (tertiary/aromatic N) is 5. The molecule has 0 amide bonds. The minimum absolute atomic E-state index is 0.0913. The van der Waals surface area contributed by atoms with Gasteiger partial charge in [-0.1, -0.05) is 24.4 Å². The first-order chi connectivity index (χ1) is 24.1. The zero-order valence-corrected chi connectivity index (χ0v) is 29.1. The van der Waals surface area contributed by atoms with Gasteiger partial charge in [-0.15, -0.1) is 5.10 Å². The topological polar surface area (TPSA) is 97.3 Å². The van der Waals surface area contributed by atoms with E-state index >= 15 is 13.2 Å². The SMILES string of the molecule is C[Si]1(C)C2=CC(=[N+]3CCC3)C=CC2=C(c2c(F)c(-n3nnc4c3CC[C@H]3[C@@H](CO)[C@H]3CC4)c(F)c(F)c2C(=O)[O-])c2ccc(N3CCC3)cc21. The molecule has 1 saturated carbocycles. The number of aromatic nitrogens is 3. The number of anilines is 1. The molecule has 9 rings (SSSR count). The highest BCUT2D eigenvalue weighted by Gasteiger charge is 2.49. The maximum absolute atomic E-state index is 17.5. The molecular formula is C38H38F3N5O3Si. The van der Waals surface area contributed by atoms with Gasteiger partial charge in [0.1, 0.15) is 26.9 Å². The monoisotopic (exact) mass is 697 g/mol. The summed E-state index contributed by atoms with van der Waals surface area (Å²) >= 11 is 0. The molecule has 50 heavy (non-hydrogen) atoms. The van der Waals surface area contributed by atoms with Crippen molar-refractivity contribution in [3.05, 3.63) is 92.7 Å². The van der Waals surface area contributed by atoms with Crippen molar-refractivity contribution < 1.29 is 32.8 Å². The summed E-state index contributed by atoms with van der Waals surface area (Å²) in [7, 11) is -2.51. The van der Waals surface area contributed by atoms with E-state index in [9.17, 15) is 15.0 Å². The number of allylic oxidation sites excluding steroid dienone is 5. The first kappa shape index (κ1) is 31.7. The summed E-state index contributed by atoms with van der Waals surface area (Å²) in [6.07, 6.45) is 10.5. The molecule has 3 atom stereocenters. The Hall–Kier alpha value is -4.29. The van der Waals surface area contributed by atoms with Gasteiger partial charge in [0.25, 0.3) is 0 Å². The number of carbonyl (C=O) groups excluding carboxylic acids is 1. The largest absolute Gasteiger partial charge is 0.545 e. The molecule has 2 aromatic carbocycles. The Morgan fingerprint density at radius 2 is 1.80 bits per heavy atom. The predicted octanol–water partition coefficient (Wildman–Crippen LogP) is 3.62. The number of fused-ring (bicyclic) bond motifs is 4. The molecule has 0 radical (unpaired) electrons. The summed E-state index contributed by atoms with van der Waals surface area (Å²) in [5.41, 5.74) is 2.06. The Labute approximate surface area is 288 Å². The minimum Gasteiger partial charge on any atom is -0.545 e. The summed E-state index contributed by atoms with van der Waals surface area (Å²) in [6.45, 7) is 8.25. The number of hydrogen-bond donors (Lipinski definition) is 1. The van der Waals surface area contributed by atoms with Crippen LogP contribution in [0.4, 0.5) is 18.9 Å². The van der Waals surface area contributed by atoms with Crippen LogP contribution in [0, 0.1) is 35.2 Å². The van der Waals surface area contributed by atoms with Crippen LogP contribution in [-0.2, 0) is 12.8 Å². The van der Waals surface area contributed by atoms with Gasteiger partial charge in [0.2, 0.25) is 0 Å². The molecule has 1 aromatic heterocycles. The van der Waals surface area contributed by atoms with Gasteiger partial charge in [0.15, 0.2) is 23.2 Å². The number of carbonyl (C=O) groups is 1. The van der Waals surface area contributed by atoms with Gasteiger partial charge in [0, 0.05) is 48.7 Å². The standard InChI is InChI=1S/C38H38F3N5O3Si/c1-50(2)29-17-20(44-13-3-14-44)5-7-24(29)31(25-8-6-21(18-30(25)50)45-15-4-16-45)32-33(38(48)49)34(39)36(41)37(35(32)40)46-28-12-10-23-22(26(23)19-47)9-11-27(28)42-43-46/h5-8,17-18,22-23,26,47H,3-4,9-16,19H2,1-2H3/t22-,23+,26-/m0/s1. The van der Waals surface area contributed by atoms with Crippen LogP contribution in [0.3, 0.4) is 0 Å². The van der Waals surface area contributed by atoms with Crippen molar-refractivity contribution >= 4 is 36.2 Å². The van der Waals surface area contributed by atoms with Crippen LogP contribution >= 0.6 is 0 Å². The van der Waals surface area contributed by atoms with E-state index in [1.165, 1.54) is 0 Å². The van der Waals surface area contributed by atoms with Gasteiger partial charge < -0.3 is 19.9 Å². The molecule has 0 bridgehead atoms. The maximum Gasteiger partial charge on any atom is 0.199 e. The first-order valence-corrected chi connectivity index (χ1v) is 20.7. The van der Waals surface area contributed by atoms with E-state index in [0.717, 1.165) is 71.9 Å². The fraction of sp³-hybridized carbons (Fsp3) is 0.421. The number of rotatable bonds is 5. The van der Waals surface area contributed by atoms with Gasteiger partial charge >= 0.3 is 0 Å². The second-order valence-corrected chi connectivity index (χ2v) is 19.4. The number of carboxylic acids is 1. The summed E-state index contributed by atoms with van der Waals surface area (Å²) in [4.78, 5) is 15.0. The molecular weight excluding hydrogens is 660 g/mol. The van der Waals surface area contributed by atoms with Crippen molar-refractivity contribution in [2.75, 3.05) is 37.7 Å². The second-order valence-electron chi connectivity index (χ2n) is 15.1. The first-order valence-electron chi connectivity index (χ1n) is 17.7. The predicted molar refractivity (Wildman–Crippen MR) is 183 cm³/mol. The Bertz CT molecular complexity index is 2140. The molecule has 258 valence electrons. The minimum atomic E-state index is -2.51. The summed E-state index contributed by atoms with van der Waals surface area (Å²) in [6, 6.07) is 5.96. The van der Waals surface area contributed by atoms with Crippen LogP contribution in [0.5, 0.6) is 0 Å². The normalized spacial score (nSPS) is 24.6. The number of benzene rings is 2. The Morgan fingerprint density at radius 3 is 2.46 bits per heavy atom. The van der Waals surface area contributed by atoms with E-state index in [1.807, 2.05) is 24.3 Å². The quantitative estimate of drug-likeness (QED) is 0.249. The van der Waals surface area contributed by atoms with Crippen molar-refractivity contribution in [3.63, 3.8) is 0 Å². The molecule has 12 heteroatoms. The molecule has 4 heterocycles. The lowest BCUT2D eigenvalue weighted by Crippen LogP contribution is -2.50. The molecule has 0 unspecified atom stereocenters. The van der Waals surface area contributed by atoms with Crippen molar-refractivity contribution in [1.29, 1.82) is 0 Å². The van der Waals surface area contributed by atoms with Crippen molar-refractivity contribution in [2.24, 2.45) is 17.8 Å². The Balaban J connectivity index is 1.30. The number of aryl methyl sites for hydroxylation is 1. The highest BCUT2D eigenvalue weighted by atomic mass is 28.3. The molecule has 0 spiro atoms. The zero-order chi connectivity index (χ0) is 34.6. The van der Waals surface area contributed by atoms with Crippen LogP contribution in [-0.4, -0.2) is 77.2 Å². The highest BCUT2D eigenvalue weighted by Crippen LogP contribution is 2.53. The van der Waals surface area contributed by atoms with Gasteiger partial charge in [-0.2, -0.15) is 0 Å². The van der Waals surface area contributed by atoms with E-state index in [4.69, 9.17) is 0 Å². The highest BCUT2D eigenvalue weighted by molar-refractivity contribution is 6.98. The lowest BCUT2D eigenvalue weighted by molar-refractivity contribution is -0.582. The Kier molecular flexibility index (Phi) is 7.20. The molecule has 3 aromatic rings. The molecule has 3 fully saturated rings. The number of halogens is 3. The number of aromatic carboxylic acids is 1. The number of aliphatic hydroxyl groups is 1. The van der Waals surface area contributed by atoms with E-state index in [1.54, 1.807) is 0 Å². The molecule has 2 saturated heterocycles. The average molecular weight is 698 g/mol. The third-order valence-corrected chi connectivity index (χ3v) is 15.8. The molecule has 1 N–H and O–H groups in total. The van der Waals surface area contributed by atoms with E-state index in [-0.39, 0.29) is 18.1 Å². The lowest BCUT2D eigenvalue weighted by atomic mass is 9.86. The molecule has 3 aliphatic carbocycles. The van der Waals surface area contributed by atoms with E-state index < -0.39 is 48.3 Å². The molecule has 8 nitrogen and oxygen atoms in total. The summed E-state index contributed by atoms with van der Waals surface area (Å²) < 4.78 is 53.3. The second kappa shape index (κ2) is 11.4. The smallest absolute Gasteiger partial charge is 0.199 e.